The van der Waals surface area contributed by atoms with E-state index in [0.29, 0.717) is 24.5 Å². The van der Waals surface area contributed by atoms with Crippen LogP contribution in [-0.4, -0.2) is 39.4 Å². The molecule has 0 unspecified atom stereocenters. The van der Waals surface area contributed by atoms with Gasteiger partial charge in [-0.25, -0.2) is 0 Å². The van der Waals surface area contributed by atoms with E-state index in [0.717, 1.165) is 37.8 Å². The number of amides is 2. The van der Waals surface area contributed by atoms with Crippen molar-refractivity contribution < 1.29 is 14.0 Å². The van der Waals surface area contributed by atoms with Crippen LogP contribution in [0, 0.1) is 0 Å². The minimum Gasteiger partial charge on any atom is -0.463 e. The molecule has 1 aliphatic carbocycles. The maximum atomic E-state index is 13.9. The van der Waals surface area contributed by atoms with Crippen LogP contribution in [0.2, 0.25) is 0 Å². The molecule has 5 rings (SSSR count). The first kappa shape index (κ1) is 23.0. The number of nitrogens with zero attached hydrogens (tertiary/aromatic N) is 2. The molecule has 2 aliphatic rings. The summed E-state index contributed by atoms with van der Waals surface area (Å²) in [6, 6.07) is 11.8. The first-order valence-electron chi connectivity index (χ1n) is 12.4. The molecule has 1 atom stereocenters. The first-order chi connectivity index (χ1) is 16.6. The normalized spacial score (nSPS) is 21.7. The minimum atomic E-state index is -0.982. The van der Waals surface area contributed by atoms with Crippen molar-refractivity contribution in [3.8, 4) is 11.5 Å². The standard InChI is InChI=1S/C27H33N3O3S/c1-27(26(32)28-20-9-5-3-2-4-6-10-20)19-29-22(24-12-7-17-33-24)13-14-23(29)25(31)30(27)16-15-21-11-8-18-34-21/h7-8,11-14,17-18,20H,2-6,9-10,15-16,19H2,1H3,(H,28,32)/t27-/m0/s1. The third kappa shape index (κ3) is 4.45. The van der Waals surface area contributed by atoms with Crippen LogP contribution in [0.5, 0.6) is 0 Å². The topological polar surface area (TPSA) is 67.5 Å². The van der Waals surface area contributed by atoms with Crippen LogP contribution in [0.4, 0.5) is 0 Å². The zero-order valence-electron chi connectivity index (χ0n) is 19.8. The summed E-state index contributed by atoms with van der Waals surface area (Å²) in [7, 11) is 0. The number of hydrogen-bond donors (Lipinski definition) is 1. The van der Waals surface area contributed by atoms with Gasteiger partial charge in [-0.3, -0.25) is 9.59 Å². The molecular weight excluding hydrogens is 446 g/mol. The predicted molar refractivity (Wildman–Crippen MR) is 134 cm³/mol. The maximum Gasteiger partial charge on any atom is 0.271 e. The third-order valence-corrected chi connectivity index (χ3v) is 8.31. The van der Waals surface area contributed by atoms with Gasteiger partial charge in [-0.2, -0.15) is 0 Å². The van der Waals surface area contributed by atoms with Crippen LogP contribution in [0.3, 0.4) is 0 Å². The average Bonchev–Trinajstić information content (AvgIpc) is 3.57. The van der Waals surface area contributed by atoms with Crippen molar-refractivity contribution >= 4 is 23.2 Å². The van der Waals surface area contributed by atoms with Crippen LogP contribution >= 0.6 is 11.3 Å². The molecule has 0 bridgehead atoms. The van der Waals surface area contributed by atoms with Crippen molar-refractivity contribution in [1.29, 1.82) is 0 Å². The number of carbonyl (C=O) groups is 2. The van der Waals surface area contributed by atoms with Crippen LogP contribution in [0.1, 0.15) is 67.2 Å². The number of rotatable bonds is 6. The molecule has 3 aromatic rings. The van der Waals surface area contributed by atoms with Crippen LogP contribution in [0.25, 0.3) is 11.5 Å². The van der Waals surface area contributed by atoms with Gasteiger partial charge in [-0.15, -0.1) is 11.3 Å². The fourth-order valence-electron chi connectivity index (χ4n) is 5.38. The fourth-order valence-corrected chi connectivity index (χ4v) is 6.08. The molecule has 2 amide bonds. The molecule has 7 heteroatoms. The lowest BCUT2D eigenvalue weighted by atomic mass is 9.92. The van der Waals surface area contributed by atoms with Gasteiger partial charge < -0.3 is 19.2 Å². The van der Waals surface area contributed by atoms with Gasteiger partial charge >= 0.3 is 0 Å². The fraction of sp³-hybridized carbons (Fsp3) is 0.481. The third-order valence-electron chi connectivity index (χ3n) is 7.37. The summed E-state index contributed by atoms with van der Waals surface area (Å²) in [5.41, 5.74) is 0.453. The van der Waals surface area contributed by atoms with E-state index in [1.165, 1.54) is 24.1 Å². The van der Waals surface area contributed by atoms with Gasteiger partial charge in [-0.1, -0.05) is 38.2 Å². The molecule has 180 valence electrons. The van der Waals surface area contributed by atoms with E-state index >= 15 is 0 Å². The average molecular weight is 480 g/mol. The lowest BCUT2D eigenvalue weighted by molar-refractivity contribution is -0.133. The van der Waals surface area contributed by atoms with E-state index in [1.807, 2.05) is 41.8 Å². The summed E-state index contributed by atoms with van der Waals surface area (Å²) < 4.78 is 7.59. The number of furan rings is 1. The number of nitrogens with one attached hydrogen (secondary N) is 1. The highest BCUT2D eigenvalue weighted by Gasteiger charge is 2.48. The second-order valence-electron chi connectivity index (χ2n) is 9.74. The molecule has 3 aromatic heterocycles. The lowest BCUT2D eigenvalue weighted by Crippen LogP contribution is -2.65. The Kier molecular flexibility index (Phi) is 6.63. The molecule has 0 saturated heterocycles. The smallest absolute Gasteiger partial charge is 0.271 e. The lowest BCUT2D eigenvalue weighted by Gasteiger charge is -2.45. The SMILES string of the molecule is C[C@@]1(C(=O)NC2CCCCCCC2)Cn2c(ccc2-c2ccco2)C(=O)N1CCc1cccs1. The van der Waals surface area contributed by atoms with E-state index in [-0.39, 0.29) is 17.9 Å². The molecule has 1 N–H and O–H groups in total. The molecule has 4 heterocycles. The van der Waals surface area contributed by atoms with Gasteiger partial charge in [0, 0.05) is 17.5 Å². The molecule has 34 heavy (non-hydrogen) atoms. The van der Waals surface area contributed by atoms with Crippen molar-refractivity contribution in [2.75, 3.05) is 6.54 Å². The number of hydrogen-bond acceptors (Lipinski definition) is 4. The van der Waals surface area contributed by atoms with Gasteiger partial charge in [0.25, 0.3) is 5.91 Å². The Morgan fingerprint density at radius 1 is 1.09 bits per heavy atom. The molecule has 1 aliphatic heterocycles. The Bertz CT molecular complexity index is 1110. The van der Waals surface area contributed by atoms with Crippen LogP contribution < -0.4 is 5.32 Å². The molecule has 6 nitrogen and oxygen atoms in total. The minimum absolute atomic E-state index is 0.0534. The van der Waals surface area contributed by atoms with Crippen molar-refractivity contribution in [2.45, 2.75) is 76.4 Å². The highest BCUT2D eigenvalue weighted by atomic mass is 32.1. The molecule has 1 fully saturated rings. The zero-order chi connectivity index (χ0) is 23.5. The van der Waals surface area contributed by atoms with Crippen LogP contribution in [0.15, 0.2) is 52.5 Å². The second-order valence-corrected chi connectivity index (χ2v) is 10.8. The van der Waals surface area contributed by atoms with Crippen LogP contribution in [-0.2, 0) is 17.8 Å². The predicted octanol–water partition coefficient (Wildman–Crippen LogP) is 5.50. The summed E-state index contributed by atoms with van der Waals surface area (Å²) in [6.45, 7) is 2.84. The largest absolute Gasteiger partial charge is 0.463 e. The number of fused-ring (bicyclic) bond motifs is 1. The Morgan fingerprint density at radius 2 is 1.85 bits per heavy atom. The van der Waals surface area contributed by atoms with E-state index in [1.54, 1.807) is 22.5 Å². The maximum absolute atomic E-state index is 13.9. The highest BCUT2D eigenvalue weighted by molar-refractivity contribution is 7.09. The second kappa shape index (κ2) is 9.82. The van der Waals surface area contributed by atoms with Crippen molar-refractivity contribution in [2.24, 2.45) is 0 Å². The van der Waals surface area contributed by atoms with Gasteiger partial charge in [0.05, 0.1) is 18.5 Å². The number of aromatic nitrogens is 1. The molecule has 1 saturated carbocycles. The van der Waals surface area contributed by atoms with E-state index in [2.05, 4.69) is 16.8 Å². The Morgan fingerprint density at radius 3 is 2.56 bits per heavy atom. The zero-order valence-corrected chi connectivity index (χ0v) is 20.6. The first-order valence-corrected chi connectivity index (χ1v) is 13.3. The molecule has 0 radical (unpaired) electrons. The molecular formula is C27H33N3O3S. The summed E-state index contributed by atoms with van der Waals surface area (Å²) in [5.74, 6) is 0.548. The Hall–Kier alpha value is -2.80. The van der Waals surface area contributed by atoms with Crippen molar-refractivity contribution in [1.82, 2.24) is 14.8 Å². The summed E-state index contributed by atoms with van der Waals surface area (Å²) >= 11 is 1.69. The summed E-state index contributed by atoms with van der Waals surface area (Å²) in [4.78, 5) is 30.7. The van der Waals surface area contributed by atoms with E-state index in [9.17, 15) is 9.59 Å². The Balaban J connectivity index is 1.45. The summed E-state index contributed by atoms with van der Waals surface area (Å²) in [6.07, 6.45) is 10.4. The summed E-state index contributed by atoms with van der Waals surface area (Å²) in [5, 5.41) is 5.40. The highest BCUT2D eigenvalue weighted by Crippen LogP contribution is 2.34. The van der Waals surface area contributed by atoms with Gasteiger partial charge in [0.15, 0.2) is 0 Å². The number of thiophene rings is 1. The number of carbonyl (C=O) groups excluding carboxylic acids is 2. The van der Waals surface area contributed by atoms with Gasteiger partial charge in [-0.05, 0) is 61.9 Å². The monoisotopic (exact) mass is 479 g/mol. The van der Waals surface area contributed by atoms with E-state index in [4.69, 9.17) is 4.42 Å². The molecule has 0 aromatic carbocycles. The van der Waals surface area contributed by atoms with Gasteiger partial charge in [0.2, 0.25) is 5.91 Å². The Labute approximate surface area is 204 Å². The molecule has 0 spiro atoms. The van der Waals surface area contributed by atoms with Crippen molar-refractivity contribution in [3.63, 3.8) is 0 Å². The van der Waals surface area contributed by atoms with Gasteiger partial charge in [0.1, 0.15) is 17.0 Å². The van der Waals surface area contributed by atoms with E-state index < -0.39 is 5.54 Å². The van der Waals surface area contributed by atoms with Crippen molar-refractivity contribution in [3.05, 3.63) is 58.6 Å². The quantitative estimate of drug-likeness (QED) is 0.508.